The zero-order chi connectivity index (χ0) is 13.1. The van der Waals surface area contributed by atoms with Crippen molar-refractivity contribution >= 4 is 28.9 Å². The van der Waals surface area contributed by atoms with Gasteiger partial charge in [-0.25, -0.2) is 0 Å². The van der Waals surface area contributed by atoms with Gasteiger partial charge in [-0.2, -0.15) is 0 Å². The molecule has 0 aromatic carbocycles. The van der Waals surface area contributed by atoms with Crippen LogP contribution in [0.3, 0.4) is 0 Å². The normalized spacial score (nSPS) is 22.7. The standard InChI is InChI=1S/C10H16N2O4S/c1-3-10(2,8(14)15)5-11-7(13)6-4-17-9(16)12-6/h6H,3-5H2,1-2H3,(H,11,13)(H,12,16)(H,14,15). The molecule has 0 aromatic heterocycles. The lowest BCUT2D eigenvalue weighted by Gasteiger charge is -2.24. The average Bonchev–Trinajstić information content (AvgIpc) is 2.72. The van der Waals surface area contributed by atoms with Crippen molar-refractivity contribution in [3.8, 4) is 0 Å². The summed E-state index contributed by atoms with van der Waals surface area (Å²) in [6.45, 7) is 3.40. The lowest BCUT2D eigenvalue weighted by atomic mass is 9.87. The van der Waals surface area contributed by atoms with Crippen molar-refractivity contribution in [2.75, 3.05) is 12.3 Å². The van der Waals surface area contributed by atoms with Gasteiger partial charge in [0, 0.05) is 12.3 Å². The minimum atomic E-state index is -0.967. The summed E-state index contributed by atoms with van der Waals surface area (Å²) in [7, 11) is 0. The Morgan fingerprint density at radius 2 is 2.29 bits per heavy atom. The Hall–Kier alpha value is -1.24. The molecule has 1 heterocycles. The van der Waals surface area contributed by atoms with Crippen LogP contribution in [0.1, 0.15) is 20.3 Å². The van der Waals surface area contributed by atoms with E-state index in [2.05, 4.69) is 10.6 Å². The fraction of sp³-hybridized carbons (Fsp3) is 0.700. The molecule has 17 heavy (non-hydrogen) atoms. The summed E-state index contributed by atoms with van der Waals surface area (Å²) < 4.78 is 0. The second-order valence-corrected chi connectivity index (χ2v) is 5.23. The van der Waals surface area contributed by atoms with Crippen molar-refractivity contribution in [3.63, 3.8) is 0 Å². The maximum absolute atomic E-state index is 11.6. The van der Waals surface area contributed by atoms with Gasteiger partial charge in [0.1, 0.15) is 6.04 Å². The van der Waals surface area contributed by atoms with Crippen LogP contribution < -0.4 is 10.6 Å². The van der Waals surface area contributed by atoms with E-state index < -0.39 is 17.4 Å². The van der Waals surface area contributed by atoms with E-state index in [9.17, 15) is 14.4 Å². The van der Waals surface area contributed by atoms with E-state index in [1.54, 1.807) is 13.8 Å². The Balaban J connectivity index is 2.47. The number of carboxylic acid groups (broad SMARTS) is 1. The highest BCUT2D eigenvalue weighted by atomic mass is 32.2. The van der Waals surface area contributed by atoms with Crippen molar-refractivity contribution in [2.24, 2.45) is 5.41 Å². The number of thioether (sulfide) groups is 1. The molecule has 6 nitrogen and oxygen atoms in total. The van der Waals surface area contributed by atoms with E-state index in [0.29, 0.717) is 12.2 Å². The molecule has 7 heteroatoms. The van der Waals surface area contributed by atoms with E-state index in [-0.39, 0.29) is 17.7 Å². The fourth-order valence-corrected chi connectivity index (χ4v) is 2.06. The molecule has 0 bridgehead atoms. The Bertz CT molecular complexity index is 347. The van der Waals surface area contributed by atoms with Crippen LogP contribution in [0.4, 0.5) is 4.79 Å². The van der Waals surface area contributed by atoms with Gasteiger partial charge in [0.15, 0.2) is 0 Å². The molecule has 2 atom stereocenters. The molecular formula is C10H16N2O4S. The minimum absolute atomic E-state index is 0.0642. The van der Waals surface area contributed by atoms with Crippen LogP contribution in [0.15, 0.2) is 0 Å². The second-order valence-electron chi connectivity index (χ2n) is 4.23. The number of hydrogen-bond acceptors (Lipinski definition) is 4. The van der Waals surface area contributed by atoms with Crippen LogP contribution in [-0.2, 0) is 9.59 Å². The topological polar surface area (TPSA) is 95.5 Å². The smallest absolute Gasteiger partial charge is 0.311 e. The fourth-order valence-electron chi connectivity index (χ4n) is 1.28. The number of aliphatic carboxylic acids is 1. The average molecular weight is 260 g/mol. The minimum Gasteiger partial charge on any atom is -0.481 e. The molecule has 3 N–H and O–H groups in total. The van der Waals surface area contributed by atoms with Gasteiger partial charge in [0.2, 0.25) is 5.91 Å². The van der Waals surface area contributed by atoms with Gasteiger partial charge in [0.25, 0.3) is 5.24 Å². The third-order valence-corrected chi connectivity index (χ3v) is 3.82. The molecule has 1 aliphatic heterocycles. The van der Waals surface area contributed by atoms with Crippen LogP contribution in [0.25, 0.3) is 0 Å². The Morgan fingerprint density at radius 3 is 2.71 bits per heavy atom. The maximum atomic E-state index is 11.6. The molecule has 0 aliphatic carbocycles. The molecule has 96 valence electrons. The molecule has 0 aromatic rings. The summed E-state index contributed by atoms with van der Waals surface area (Å²) in [5.41, 5.74) is -0.967. The Morgan fingerprint density at radius 1 is 1.65 bits per heavy atom. The van der Waals surface area contributed by atoms with E-state index >= 15 is 0 Å². The summed E-state index contributed by atoms with van der Waals surface area (Å²) in [6, 6.07) is -0.553. The van der Waals surface area contributed by atoms with Crippen LogP contribution in [-0.4, -0.2) is 40.6 Å². The molecule has 0 radical (unpaired) electrons. The number of hydrogen-bond donors (Lipinski definition) is 3. The predicted octanol–water partition coefficient (Wildman–Crippen LogP) is 0.428. The summed E-state index contributed by atoms with van der Waals surface area (Å²) in [6.07, 6.45) is 0.425. The van der Waals surface area contributed by atoms with E-state index in [1.807, 2.05) is 0 Å². The summed E-state index contributed by atoms with van der Waals surface area (Å²) in [4.78, 5) is 33.6. The van der Waals surface area contributed by atoms with Crippen LogP contribution >= 0.6 is 11.8 Å². The number of nitrogens with one attached hydrogen (secondary N) is 2. The molecule has 1 fully saturated rings. The monoisotopic (exact) mass is 260 g/mol. The van der Waals surface area contributed by atoms with Crippen LogP contribution in [0.5, 0.6) is 0 Å². The summed E-state index contributed by atoms with van der Waals surface area (Å²) in [5.74, 6) is -0.880. The number of carbonyl (C=O) groups is 3. The highest BCUT2D eigenvalue weighted by molar-refractivity contribution is 8.14. The Kier molecular flexibility index (Phi) is 4.39. The highest BCUT2D eigenvalue weighted by Crippen LogP contribution is 2.20. The summed E-state index contributed by atoms with van der Waals surface area (Å²) >= 11 is 1.05. The van der Waals surface area contributed by atoms with Gasteiger partial charge < -0.3 is 15.7 Å². The maximum Gasteiger partial charge on any atom is 0.311 e. The summed E-state index contributed by atoms with van der Waals surface area (Å²) in [5, 5.41) is 13.9. The van der Waals surface area contributed by atoms with Gasteiger partial charge in [-0.05, 0) is 13.3 Å². The SMILES string of the molecule is CCC(C)(CNC(=O)C1CSC(=O)N1)C(=O)O. The predicted molar refractivity (Wildman–Crippen MR) is 63.8 cm³/mol. The third-order valence-electron chi connectivity index (χ3n) is 2.94. The van der Waals surface area contributed by atoms with Crippen LogP contribution in [0.2, 0.25) is 0 Å². The largest absolute Gasteiger partial charge is 0.481 e. The van der Waals surface area contributed by atoms with Crippen molar-refractivity contribution in [3.05, 3.63) is 0 Å². The molecule has 1 rings (SSSR count). The van der Waals surface area contributed by atoms with Gasteiger partial charge in [-0.1, -0.05) is 18.7 Å². The molecule has 0 spiro atoms. The number of carboxylic acids is 1. The van der Waals surface area contributed by atoms with E-state index in [0.717, 1.165) is 11.8 Å². The Labute approximate surface area is 104 Å². The van der Waals surface area contributed by atoms with Crippen molar-refractivity contribution in [1.82, 2.24) is 10.6 Å². The van der Waals surface area contributed by atoms with Gasteiger partial charge in [0.05, 0.1) is 5.41 Å². The van der Waals surface area contributed by atoms with Gasteiger partial charge in [-0.3, -0.25) is 14.4 Å². The van der Waals surface area contributed by atoms with Crippen molar-refractivity contribution in [2.45, 2.75) is 26.3 Å². The van der Waals surface area contributed by atoms with E-state index in [4.69, 9.17) is 5.11 Å². The zero-order valence-electron chi connectivity index (χ0n) is 9.78. The third kappa shape index (κ3) is 3.36. The number of amides is 2. The first kappa shape index (κ1) is 13.8. The first-order valence-electron chi connectivity index (χ1n) is 5.33. The zero-order valence-corrected chi connectivity index (χ0v) is 10.6. The number of carbonyl (C=O) groups excluding carboxylic acids is 2. The van der Waals surface area contributed by atoms with E-state index in [1.165, 1.54) is 0 Å². The quantitative estimate of drug-likeness (QED) is 0.666. The van der Waals surface area contributed by atoms with Crippen molar-refractivity contribution in [1.29, 1.82) is 0 Å². The first-order valence-corrected chi connectivity index (χ1v) is 6.32. The van der Waals surface area contributed by atoms with Gasteiger partial charge in [-0.15, -0.1) is 0 Å². The lowest BCUT2D eigenvalue weighted by Crippen LogP contribution is -2.47. The lowest BCUT2D eigenvalue weighted by molar-refractivity contribution is -0.148. The molecule has 1 aliphatic rings. The number of rotatable bonds is 5. The van der Waals surface area contributed by atoms with Gasteiger partial charge >= 0.3 is 5.97 Å². The molecule has 2 unspecified atom stereocenters. The molecular weight excluding hydrogens is 244 g/mol. The second kappa shape index (κ2) is 5.39. The highest BCUT2D eigenvalue weighted by Gasteiger charge is 2.34. The molecule has 2 amide bonds. The van der Waals surface area contributed by atoms with Crippen molar-refractivity contribution < 1.29 is 19.5 Å². The first-order chi connectivity index (χ1) is 7.89. The van der Waals surface area contributed by atoms with Crippen LogP contribution in [0, 0.1) is 5.41 Å². The molecule has 1 saturated heterocycles. The molecule has 0 saturated carbocycles.